The van der Waals surface area contributed by atoms with E-state index in [2.05, 4.69) is 22.9 Å². The van der Waals surface area contributed by atoms with Crippen LogP contribution in [0.15, 0.2) is 24.3 Å². The second kappa shape index (κ2) is 5.21. The summed E-state index contributed by atoms with van der Waals surface area (Å²) in [6.45, 7) is 4.72. The minimum absolute atomic E-state index is 0.867. The Labute approximate surface area is 97.8 Å². The van der Waals surface area contributed by atoms with E-state index in [0.717, 1.165) is 24.5 Å². The van der Waals surface area contributed by atoms with Crippen molar-refractivity contribution in [2.24, 2.45) is 0 Å². The summed E-state index contributed by atoms with van der Waals surface area (Å²) in [5, 5.41) is 0. The van der Waals surface area contributed by atoms with E-state index in [1.54, 1.807) is 0 Å². The van der Waals surface area contributed by atoms with Gasteiger partial charge in [0.15, 0.2) is 0 Å². The summed E-state index contributed by atoms with van der Waals surface area (Å²) in [7, 11) is 2.11. The molecular formula is C13H21N3. The zero-order valence-corrected chi connectivity index (χ0v) is 10.0. The van der Waals surface area contributed by atoms with Gasteiger partial charge in [0.2, 0.25) is 0 Å². The van der Waals surface area contributed by atoms with E-state index in [0.29, 0.717) is 0 Å². The van der Waals surface area contributed by atoms with Gasteiger partial charge in [0.05, 0.1) is 11.4 Å². The summed E-state index contributed by atoms with van der Waals surface area (Å²) < 4.78 is 0. The van der Waals surface area contributed by atoms with Crippen LogP contribution < -0.4 is 10.6 Å². The van der Waals surface area contributed by atoms with Crippen LogP contribution in [0.3, 0.4) is 0 Å². The molecule has 0 radical (unpaired) electrons. The molecule has 0 bridgehead atoms. The van der Waals surface area contributed by atoms with Gasteiger partial charge in [-0.3, -0.25) is 0 Å². The average Bonchev–Trinajstić information content (AvgIpc) is 2.79. The highest BCUT2D eigenvalue weighted by atomic mass is 15.2. The lowest BCUT2D eigenvalue weighted by Crippen LogP contribution is -2.31. The first-order chi connectivity index (χ1) is 7.77. The monoisotopic (exact) mass is 219 g/mol. The Morgan fingerprint density at radius 2 is 1.94 bits per heavy atom. The van der Waals surface area contributed by atoms with Crippen molar-refractivity contribution in [1.82, 2.24) is 4.90 Å². The van der Waals surface area contributed by atoms with Crippen LogP contribution in [0.4, 0.5) is 11.4 Å². The van der Waals surface area contributed by atoms with Crippen LogP contribution in [-0.2, 0) is 0 Å². The van der Waals surface area contributed by atoms with Gasteiger partial charge in [-0.05, 0) is 38.1 Å². The summed E-state index contributed by atoms with van der Waals surface area (Å²) in [6, 6.07) is 8.06. The number of nitrogens with two attached hydrogens (primary N) is 1. The second-order valence-corrected chi connectivity index (χ2v) is 4.53. The van der Waals surface area contributed by atoms with E-state index in [1.807, 2.05) is 18.2 Å². The van der Waals surface area contributed by atoms with Gasteiger partial charge in [-0.15, -0.1) is 0 Å². The summed E-state index contributed by atoms with van der Waals surface area (Å²) in [5.74, 6) is 0. The van der Waals surface area contributed by atoms with Crippen LogP contribution in [-0.4, -0.2) is 38.1 Å². The molecule has 1 saturated heterocycles. The second-order valence-electron chi connectivity index (χ2n) is 4.53. The van der Waals surface area contributed by atoms with Gasteiger partial charge in [0.25, 0.3) is 0 Å². The fourth-order valence-corrected chi connectivity index (χ4v) is 2.25. The smallest absolute Gasteiger partial charge is 0.0597 e. The number of nitrogens with zero attached hydrogens (tertiary/aromatic N) is 2. The lowest BCUT2D eigenvalue weighted by Gasteiger charge is -2.24. The van der Waals surface area contributed by atoms with E-state index in [4.69, 9.17) is 5.73 Å². The van der Waals surface area contributed by atoms with E-state index in [-0.39, 0.29) is 0 Å². The molecule has 1 aliphatic heterocycles. The number of rotatable bonds is 4. The highest BCUT2D eigenvalue weighted by Crippen LogP contribution is 2.20. The Balaban J connectivity index is 1.87. The van der Waals surface area contributed by atoms with Gasteiger partial charge in [0, 0.05) is 20.1 Å². The SMILES string of the molecule is CN(CCN1CCCC1)c1ccccc1N. The molecule has 2 rings (SSSR count). The fraction of sp³-hybridized carbons (Fsp3) is 0.538. The third kappa shape index (κ3) is 2.67. The number of nitrogen functional groups attached to an aromatic ring is 1. The molecule has 2 N–H and O–H groups in total. The topological polar surface area (TPSA) is 32.5 Å². The highest BCUT2D eigenvalue weighted by molar-refractivity contribution is 5.66. The number of benzene rings is 1. The molecule has 0 aromatic heterocycles. The number of anilines is 2. The maximum Gasteiger partial charge on any atom is 0.0597 e. The van der Waals surface area contributed by atoms with Gasteiger partial charge in [0.1, 0.15) is 0 Å². The predicted octanol–water partition coefficient (Wildman–Crippen LogP) is 1.80. The zero-order valence-electron chi connectivity index (χ0n) is 10.0. The third-order valence-electron chi connectivity index (χ3n) is 3.30. The van der Waals surface area contributed by atoms with Crippen molar-refractivity contribution in [3.8, 4) is 0 Å². The van der Waals surface area contributed by atoms with Crippen molar-refractivity contribution >= 4 is 11.4 Å². The number of hydrogen-bond donors (Lipinski definition) is 1. The van der Waals surface area contributed by atoms with Gasteiger partial charge >= 0.3 is 0 Å². The summed E-state index contributed by atoms with van der Waals surface area (Å²) >= 11 is 0. The maximum absolute atomic E-state index is 5.95. The van der Waals surface area contributed by atoms with Crippen molar-refractivity contribution in [1.29, 1.82) is 0 Å². The largest absolute Gasteiger partial charge is 0.397 e. The van der Waals surface area contributed by atoms with Crippen molar-refractivity contribution in [2.75, 3.05) is 43.9 Å². The minimum Gasteiger partial charge on any atom is -0.397 e. The first-order valence-electron chi connectivity index (χ1n) is 6.05. The molecule has 16 heavy (non-hydrogen) atoms. The molecule has 0 aliphatic carbocycles. The lowest BCUT2D eigenvalue weighted by molar-refractivity contribution is 0.347. The summed E-state index contributed by atoms with van der Waals surface area (Å²) in [4.78, 5) is 4.77. The minimum atomic E-state index is 0.867. The molecule has 3 nitrogen and oxygen atoms in total. The van der Waals surface area contributed by atoms with Crippen LogP contribution in [0, 0.1) is 0 Å². The Morgan fingerprint density at radius 3 is 2.62 bits per heavy atom. The van der Waals surface area contributed by atoms with Crippen LogP contribution in [0.2, 0.25) is 0 Å². The molecule has 1 aromatic rings. The first-order valence-corrected chi connectivity index (χ1v) is 6.05. The number of para-hydroxylation sites is 2. The normalized spacial score (nSPS) is 16.6. The molecule has 1 fully saturated rings. The average molecular weight is 219 g/mol. The van der Waals surface area contributed by atoms with Crippen molar-refractivity contribution in [3.63, 3.8) is 0 Å². The van der Waals surface area contributed by atoms with E-state index in [1.165, 1.54) is 25.9 Å². The lowest BCUT2D eigenvalue weighted by atomic mass is 10.2. The van der Waals surface area contributed by atoms with Crippen LogP contribution >= 0.6 is 0 Å². The Morgan fingerprint density at radius 1 is 1.25 bits per heavy atom. The summed E-state index contributed by atoms with van der Waals surface area (Å²) in [5.41, 5.74) is 7.96. The van der Waals surface area contributed by atoms with Crippen molar-refractivity contribution < 1.29 is 0 Å². The Bertz CT molecular complexity index is 332. The predicted molar refractivity (Wildman–Crippen MR) is 69.8 cm³/mol. The van der Waals surface area contributed by atoms with Gasteiger partial charge in [-0.2, -0.15) is 0 Å². The fourth-order valence-electron chi connectivity index (χ4n) is 2.25. The van der Waals surface area contributed by atoms with Crippen molar-refractivity contribution in [2.45, 2.75) is 12.8 Å². The van der Waals surface area contributed by atoms with E-state index >= 15 is 0 Å². The molecular weight excluding hydrogens is 198 g/mol. The molecule has 1 aliphatic rings. The molecule has 1 aromatic carbocycles. The van der Waals surface area contributed by atoms with Crippen LogP contribution in [0.25, 0.3) is 0 Å². The quantitative estimate of drug-likeness (QED) is 0.784. The van der Waals surface area contributed by atoms with E-state index in [9.17, 15) is 0 Å². The standard InChI is InChI=1S/C13H21N3/c1-15(10-11-16-8-4-5-9-16)13-7-3-2-6-12(13)14/h2-3,6-7H,4-5,8-11,14H2,1H3. The molecule has 1 heterocycles. The zero-order chi connectivity index (χ0) is 11.4. The number of likely N-dealkylation sites (tertiary alicyclic amines) is 1. The highest BCUT2D eigenvalue weighted by Gasteiger charge is 2.12. The number of likely N-dealkylation sites (N-methyl/N-ethyl adjacent to an activating group) is 1. The summed E-state index contributed by atoms with van der Waals surface area (Å²) in [6.07, 6.45) is 2.72. The van der Waals surface area contributed by atoms with Crippen molar-refractivity contribution in [3.05, 3.63) is 24.3 Å². The van der Waals surface area contributed by atoms with E-state index < -0.39 is 0 Å². The third-order valence-corrected chi connectivity index (χ3v) is 3.30. The van der Waals surface area contributed by atoms with Crippen LogP contribution in [0.1, 0.15) is 12.8 Å². The molecule has 0 saturated carbocycles. The van der Waals surface area contributed by atoms with Gasteiger partial charge < -0.3 is 15.5 Å². The Hall–Kier alpha value is -1.22. The van der Waals surface area contributed by atoms with Gasteiger partial charge in [-0.1, -0.05) is 12.1 Å². The molecule has 0 amide bonds. The molecule has 0 spiro atoms. The first kappa shape index (κ1) is 11.3. The molecule has 0 atom stereocenters. The van der Waals surface area contributed by atoms with Gasteiger partial charge in [-0.25, -0.2) is 0 Å². The molecule has 88 valence electrons. The maximum atomic E-state index is 5.95. The molecule has 3 heteroatoms. The van der Waals surface area contributed by atoms with Crippen LogP contribution in [0.5, 0.6) is 0 Å². The number of hydrogen-bond acceptors (Lipinski definition) is 3. The Kier molecular flexibility index (Phi) is 3.67. The molecule has 0 unspecified atom stereocenters.